The largest absolute Gasteiger partial charge is 0.306 e. The van der Waals surface area contributed by atoms with E-state index in [2.05, 4.69) is 31.3 Å². The average molecular weight is 301 g/mol. The second kappa shape index (κ2) is 5.07. The fourth-order valence-corrected chi connectivity index (χ4v) is 4.01. The van der Waals surface area contributed by atoms with E-state index in [4.69, 9.17) is 0 Å². The molecule has 2 fully saturated rings. The molecule has 5 nitrogen and oxygen atoms in total. The van der Waals surface area contributed by atoms with E-state index in [0.29, 0.717) is 5.92 Å². The SMILES string of the molecule is CC1(C)[C@H]2CC[C@]1(C)C(=NNC(=O)Cn1ccccc1=O)C2. The van der Waals surface area contributed by atoms with E-state index in [1.807, 2.05) is 0 Å². The predicted molar refractivity (Wildman–Crippen MR) is 85.5 cm³/mol. The molecule has 0 aromatic carbocycles. The van der Waals surface area contributed by atoms with E-state index >= 15 is 0 Å². The zero-order chi connectivity index (χ0) is 16.0. The van der Waals surface area contributed by atoms with Crippen LogP contribution in [0.2, 0.25) is 0 Å². The number of hydrogen-bond acceptors (Lipinski definition) is 3. The van der Waals surface area contributed by atoms with Crippen molar-refractivity contribution in [2.75, 3.05) is 0 Å². The highest BCUT2D eigenvalue weighted by Gasteiger charge is 2.59. The van der Waals surface area contributed by atoms with Gasteiger partial charge in [0.05, 0.1) is 0 Å². The number of rotatable bonds is 3. The van der Waals surface area contributed by atoms with Crippen LogP contribution in [0.3, 0.4) is 0 Å². The molecule has 1 amide bonds. The van der Waals surface area contributed by atoms with Gasteiger partial charge in [-0.3, -0.25) is 9.59 Å². The Hall–Kier alpha value is -1.91. The van der Waals surface area contributed by atoms with Crippen molar-refractivity contribution in [2.45, 2.75) is 46.6 Å². The van der Waals surface area contributed by atoms with Gasteiger partial charge in [-0.15, -0.1) is 0 Å². The normalized spacial score (nSPS) is 30.7. The summed E-state index contributed by atoms with van der Waals surface area (Å²) in [6.07, 6.45) is 4.96. The van der Waals surface area contributed by atoms with Gasteiger partial charge in [-0.25, -0.2) is 5.43 Å². The van der Waals surface area contributed by atoms with E-state index in [0.717, 1.165) is 18.6 Å². The molecule has 3 rings (SSSR count). The monoisotopic (exact) mass is 301 g/mol. The number of aromatic nitrogens is 1. The van der Waals surface area contributed by atoms with E-state index in [-0.39, 0.29) is 28.8 Å². The van der Waals surface area contributed by atoms with Crippen LogP contribution in [0, 0.1) is 16.7 Å². The van der Waals surface area contributed by atoms with Crippen LogP contribution < -0.4 is 11.0 Å². The molecule has 0 unspecified atom stereocenters. The maximum Gasteiger partial charge on any atom is 0.260 e. The van der Waals surface area contributed by atoms with Gasteiger partial charge in [0.2, 0.25) is 0 Å². The fourth-order valence-electron chi connectivity index (χ4n) is 4.01. The Morgan fingerprint density at radius 3 is 2.77 bits per heavy atom. The molecule has 2 aliphatic rings. The molecule has 0 aliphatic heterocycles. The number of amides is 1. The molecule has 5 heteroatoms. The quantitative estimate of drug-likeness (QED) is 0.870. The molecule has 2 aliphatic carbocycles. The van der Waals surface area contributed by atoms with Crippen LogP contribution in [-0.2, 0) is 11.3 Å². The maximum atomic E-state index is 12.0. The van der Waals surface area contributed by atoms with E-state index in [1.165, 1.54) is 17.1 Å². The zero-order valence-electron chi connectivity index (χ0n) is 13.4. The first-order valence-electron chi connectivity index (χ1n) is 7.86. The van der Waals surface area contributed by atoms with Crippen LogP contribution in [0.1, 0.15) is 40.0 Å². The van der Waals surface area contributed by atoms with Crippen LogP contribution in [0.4, 0.5) is 0 Å². The van der Waals surface area contributed by atoms with Gasteiger partial charge in [0, 0.05) is 23.4 Å². The van der Waals surface area contributed by atoms with E-state index in [9.17, 15) is 9.59 Å². The second-order valence-corrected chi connectivity index (χ2v) is 7.25. The van der Waals surface area contributed by atoms with Gasteiger partial charge in [-0.05, 0) is 36.7 Å². The summed E-state index contributed by atoms with van der Waals surface area (Å²) >= 11 is 0. The number of carbonyl (C=O) groups is 1. The predicted octanol–water partition coefficient (Wildman–Crippen LogP) is 2.17. The van der Waals surface area contributed by atoms with E-state index < -0.39 is 0 Å². The summed E-state index contributed by atoms with van der Waals surface area (Å²) in [6.45, 7) is 6.86. The van der Waals surface area contributed by atoms with Gasteiger partial charge < -0.3 is 4.57 Å². The van der Waals surface area contributed by atoms with Crippen LogP contribution >= 0.6 is 0 Å². The molecule has 0 spiro atoms. The van der Waals surface area contributed by atoms with Crippen molar-refractivity contribution in [3.8, 4) is 0 Å². The molecule has 0 radical (unpaired) electrons. The average Bonchev–Trinajstić information content (AvgIpc) is 2.80. The standard InChI is InChI=1S/C17H23N3O2/c1-16(2)12-7-8-17(16,3)13(10-12)18-19-14(21)11-20-9-5-4-6-15(20)22/h4-6,9,12H,7-8,10-11H2,1-3H3,(H,19,21)/t12-,17+/m0/s1. The van der Waals surface area contributed by atoms with Gasteiger partial charge in [0.15, 0.2) is 0 Å². The van der Waals surface area contributed by atoms with Gasteiger partial charge in [-0.1, -0.05) is 26.8 Å². The molecule has 0 saturated heterocycles. The third-order valence-electron chi connectivity index (χ3n) is 6.04. The summed E-state index contributed by atoms with van der Waals surface area (Å²) in [7, 11) is 0. The minimum Gasteiger partial charge on any atom is -0.306 e. The number of nitrogens with zero attached hydrogens (tertiary/aromatic N) is 2. The second-order valence-electron chi connectivity index (χ2n) is 7.25. The Morgan fingerprint density at radius 1 is 1.41 bits per heavy atom. The molecule has 22 heavy (non-hydrogen) atoms. The van der Waals surface area contributed by atoms with Crippen LogP contribution in [0.25, 0.3) is 0 Å². The van der Waals surface area contributed by atoms with Gasteiger partial charge in [0.1, 0.15) is 6.54 Å². The summed E-state index contributed by atoms with van der Waals surface area (Å²) in [5, 5.41) is 4.40. The fraction of sp³-hybridized carbons (Fsp3) is 0.588. The Labute approximate surface area is 130 Å². The summed E-state index contributed by atoms with van der Waals surface area (Å²) in [6, 6.07) is 4.84. The highest BCUT2D eigenvalue weighted by Crippen LogP contribution is 2.63. The first kappa shape index (κ1) is 15.0. The number of fused-ring (bicyclic) bond motifs is 2. The van der Waals surface area contributed by atoms with Crippen molar-refractivity contribution >= 4 is 11.6 Å². The minimum atomic E-state index is -0.259. The van der Waals surface area contributed by atoms with Crippen molar-refractivity contribution in [3.63, 3.8) is 0 Å². The minimum absolute atomic E-state index is 0.0000109. The Balaban J connectivity index is 1.69. The topological polar surface area (TPSA) is 63.5 Å². The molecule has 2 atom stereocenters. The summed E-state index contributed by atoms with van der Waals surface area (Å²) < 4.78 is 1.38. The van der Waals surface area contributed by atoms with Gasteiger partial charge in [-0.2, -0.15) is 5.10 Å². The lowest BCUT2D eigenvalue weighted by Gasteiger charge is -2.34. The lowest BCUT2D eigenvalue weighted by atomic mass is 9.70. The van der Waals surface area contributed by atoms with Crippen molar-refractivity contribution in [3.05, 3.63) is 34.7 Å². The number of nitrogens with one attached hydrogen (secondary N) is 1. The number of carbonyl (C=O) groups excluding carboxylic acids is 1. The van der Waals surface area contributed by atoms with Gasteiger partial charge >= 0.3 is 0 Å². The summed E-state index contributed by atoms with van der Waals surface area (Å²) in [5.41, 5.74) is 3.88. The van der Waals surface area contributed by atoms with Crippen molar-refractivity contribution in [1.29, 1.82) is 0 Å². The molecule has 1 aromatic rings. The van der Waals surface area contributed by atoms with Crippen molar-refractivity contribution < 1.29 is 4.79 Å². The lowest BCUT2D eigenvalue weighted by Crippen LogP contribution is -2.35. The smallest absolute Gasteiger partial charge is 0.260 e. The molecule has 1 N–H and O–H groups in total. The van der Waals surface area contributed by atoms with Crippen molar-refractivity contribution in [1.82, 2.24) is 9.99 Å². The number of pyridine rings is 1. The Kier molecular flexibility index (Phi) is 3.46. The molecule has 1 heterocycles. The molecule has 1 aromatic heterocycles. The molecular formula is C17H23N3O2. The highest BCUT2D eigenvalue weighted by atomic mass is 16.2. The Bertz CT molecular complexity index is 689. The van der Waals surface area contributed by atoms with Crippen molar-refractivity contribution in [2.24, 2.45) is 21.8 Å². The first-order valence-corrected chi connectivity index (χ1v) is 7.86. The first-order chi connectivity index (χ1) is 10.3. The van der Waals surface area contributed by atoms with Gasteiger partial charge in [0.25, 0.3) is 11.5 Å². The third-order valence-corrected chi connectivity index (χ3v) is 6.04. The van der Waals surface area contributed by atoms with Crippen LogP contribution in [0.15, 0.2) is 34.3 Å². The number of hydrogen-bond donors (Lipinski definition) is 1. The van der Waals surface area contributed by atoms with Crippen LogP contribution in [-0.4, -0.2) is 16.2 Å². The van der Waals surface area contributed by atoms with Crippen LogP contribution in [0.5, 0.6) is 0 Å². The summed E-state index contributed by atoms with van der Waals surface area (Å²) in [4.78, 5) is 23.6. The zero-order valence-corrected chi connectivity index (χ0v) is 13.4. The van der Waals surface area contributed by atoms with E-state index in [1.54, 1.807) is 18.3 Å². The maximum absolute atomic E-state index is 12.0. The molecule has 2 saturated carbocycles. The lowest BCUT2D eigenvalue weighted by molar-refractivity contribution is -0.121. The third kappa shape index (κ3) is 2.19. The number of hydrazone groups is 1. The Morgan fingerprint density at radius 2 is 2.18 bits per heavy atom. The molecule has 2 bridgehead atoms. The molecular weight excluding hydrogens is 278 g/mol. The highest BCUT2D eigenvalue weighted by molar-refractivity contribution is 5.95. The molecule has 118 valence electrons. The summed E-state index contributed by atoms with van der Waals surface area (Å²) in [5.74, 6) is 0.398.